The molecule has 2 atom stereocenters. The van der Waals surface area contributed by atoms with Gasteiger partial charge >= 0.3 is 5.97 Å². The molecule has 6 heteroatoms. The van der Waals surface area contributed by atoms with Crippen molar-refractivity contribution in [3.8, 4) is 0 Å². The third-order valence-corrected chi connectivity index (χ3v) is 3.60. The monoisotopic (exact) mass is 265 g/mol. The lowest BCUT2D eigenvalue weighted by Crippen LogP contribution is -2.45. The van der Waals surface area contributed by atoms with E-state index >= 15 is 0 Å². The maximum atomic E-state index is 11.7. The van der Waals surface area contributed by atoms with Crippen molar-refractivity contribution in [2.24, 2.45) is 5.92 Å². The number of amides is 1. The number of thiol groups is 1. The number of carboxylic acid groups (broad SMARTS) is 1. The van der Waals surface area contributed by atoms with Crippen molar-refractivity contribution in [3.63, 3.8) is 0 Å². The van der Waals surface area contributed by atoms with Crippen molar-refractivity contribution in [2.75, 3.05) is 17.3 Å². The van der Waals surface area contributed by atoms with Crippen molar-refractivity contribution in [1.29, 1.82) is 0 Å². The summed E-state index contributed by atoms with van der Waals surface area (Å²) >= 11 is 5.58. The molecule has 0 aliphatic carbocycles. The summed E-state index contributed by atoms with van der Waals surface area (Å²) in [4.78, 5) is 22.5. The molecular formula is C10H19NO3S2. The molecule has 0 rings (SSSR count). The lowest BCUT2D eigenvalue weighted by molar-refractivity contribution is -0.141. The fourth-order valence-electron chi connectivity index (χ4n) is 1.11. The highest BCUT2D eigenvalue weighted by atomic mass is 32.2. The first-order chi connectivity index (χ1) is 7.56. The van der Waals surface area contributed by atoms with E-state index in [1.807, 2.05) is 13.8 Å². The van der Waals surface area contributed by atoms with E-state index in [-0.39, 0.29) is 17.6 Å². The van der Waals surface area contributed by atoms with E-state index < -0.39 is 12.0 Å². The molecule has 0 aromatic heterocycles. The molecule has 2 N–H and O–H groups in total. The Morgan fingerprint density at radius 3 is 2.44 bits per heavy atom. The number of carbonyl (C=O) groups is 2. The molecule has 0 heterocycles. The minimum absolute atomic E-state index is 0.110. The Bertz CT molecular complexity index is 236. The summed E-state index contributed by atoms with van der Waals surface area (Å²) in [5.41, 5.74) is 0. The van der Waals surface area contributed by atoms with Gasteiger partial charge in [-0.15, -0.1) is 0 Å². The summed E-state index contributed by atoms with van der Waals surface area (Å²) in [6.07, 6.45) is 0.720. The van der Waals surface area contributed by atoms with E-state index in [0.717, 1.165) is 17.9 Å². The van der Waals surface area contributed by atoms with Gasteiger partial charge < -0.3 is 10.4 Å². The van der Waals surface area contributed by atoms with Gasteiger partial charge in [0.05, 0.1) is 0 Å². The Morgan fingerprint density at radius 2 is 2.06 bits per heavy atom. The van der Waals surface area contributed by atoms with Crippen LogP contribution in [-0.2, 0) is 9.59 Å². The van der Waals surface area contributed by atoms with Crippen LogP contribution in [0.5, 0.6) is 0 Å². The van der Waals surface area contributed by atoms with E-state index in [4.69, 9.17) is 5.11 Å². The normalized spacial score (nSPS) is 14.2. The zero-order valence-electron chi connectivity index (χ0n) is 9.60. The van der Waals surface area contributed by atoms with Gasteiger partial charge in [0.1, 0.15) is 6.04 Å². The number of carbonyl (C=O) groups excluding carboxylic acids is 1. The Morgan fingerprint density at radius 1 is 1.44 bits per heavy atom. The minimum Gasteiger partial charge on any atom is -0.480 e. The molecule has 1 amide bonds. The topological polar surface area (TPSA) is 66.4 Å². The fraction of sp³-hybridized carbons (Fsp3) is 0.800. The van der Waals surface area contributed by atoms with Gasteiger partial charge in [-0.05, 0) is 12.2 Å². The zero-order chi connectivity index (χ0) is 12.6. The zero-order valence-corrected chi connectivity index (χ0v) is 11.3. The van der Waals surface area contributed by atoms with Crippen LogP contribution in [0.4, 0.5) is 0 Å². The second kappa shape index (κ2) is 8.75. The standard InChI is InChI=1S/C10H19NO3S2/c1-3-7(6-16-4-2)9(12)11-8(5-15)10(13)14/h7-8,15H,3-6H2,1-2H3,(H,11,12)(H,13,14)/t7?,8-/m0/s1. The van der Waals surface area contributed by atoms with E-state index in [1.54, 1.807) is 11.8 Å². The van der Waals surface area contributed by atoms with Crippen LogP contribution in [0.1, 0.15) is 20.3 Å². The van der Waals surface area contributed by atoms with Crippen molar-refractivity contribution in [2.45, 2.75) is 26.3 Å². The van der Waals surface area contributed by atoms with Crippen LogP contribution in [0, 0.1) is 5.92 Å². The summed E-state index contributed by atoms with van der Waals surface area (Å²) in [5, 5.41) is 11.3. The van der Waals surface area contributed by atoms with Gasteiger partial charge in [-0.2, -0.15) is 24.4 Å². The summed E-state index contributed by atoms with van der Waals surface area (Å²) in [5.74, 6) is 0.451. The molecule has 0 aromatic rings. The second-order valence-electron chi connectivity index (χ2n) is 3.35. The molecule has 0 fully saturated rings. The molecule has 16 heavy (non-hydrogen) atoms. The van der Waals surface area contributed by atoms with Crippen molar-refractivity contribution in [3.05, 3.63) is 0 Å². The molecule has 0 saturated heterocycles. The first-order valence-electron chi connectivity index (χ1n) is 5.28. The predicted octanol–water partition coefficient (Wildman–Crippen LogP) is 1.26. The molecule has 0 saturated carbocycles. The largest absolute Gasteiger partial charge is 0.480 e. The summed E-state index contributed by atoms with van der Waals surface area (Å²) in [7, 11) is 0. The van der Waals surface area contributed by atoms with Gasteiger partial charge in [-0.1, -0.05) is 13.8 Å². The van der Waals surface area contributed by atoms with Crippen molar-refractivity contribution in [1.82, 2.24) is 5.32 Å². The highest BCUT2D eigenvalue weighted by Gasteiger charge is 2.22. The van der Waals surface area contributed by atoms with Crippen LogP contribution in [0.15, 0.2) is 0 Å². The smallest absolute Gasteiger partial charge is 0.327 e. The molecular weight excluding hydrogens is 246 g/mol. The predicted molar refractivity (Wildman–Crippen MR) is 70.2 cm³/mol. The molecule has 1 unspecified atom stereocenters. The average Bonchev–Trinajstić information content (AvgIpc) is 2.26. The lowest BCUT2D eigenvalue weighted by atomic mass is 10.1. The summed E-state index contributed by atoms with van der Waals surface area (Å²) < 4.78 is 0. The molecule has 0 aromatic carbocycles. The van der Waals surface area contributed by atoms with Crippen LogP contribution >= 0.6 is 24.4 Å². The maximum absolute atomic E-state index is 11.7. The number of aliphatic carboxylic acids is 1. The average molecular weight is 265 g/mol. The number of rotatable bonds is 8. The van der Waals surface area contributed by atoms with E-state index in [9.17, 15) is 9.59 Å². The third kappa shape index (κ3) is 5.65. The summed E-state index contributed by atoms with van der Waals surface area (Å²) in [6, 6.07) is -0.892. The molecule has 0 spiro atoms. The fourth-order valence-corrected chi connectivity index (χ4v) is 2.27. The van der Waals surface area contributed by atoms with Gasteiger partial charge in [0, 0.05) is 17.4 Å². The first kappa shape index (κ1) is 15.6. The Kier molecular flexibility index (Phi) is 8.56. The van der Waals surface area contributed by atoms with Crippen molar-refractivity contribution < 1.29 is 14.7 Å². The second-order valence-corrected chi connectivity index (χ2v) is 5.03. The maximum Gasteiger partial charge on any atom is 0.327 e. The first-order valence-corrected chi connectivity index (χ1v) is 7.07. The Balaban J connectivity index is 4.23. The van der Waals surface area contributed by atoms with Crippen LogP contribution in [0.2, 0.25) is 0 Å². The van der Waals surface area contributed by atoms with Crippen LogP contribution in [0.25, 0.3) is 0 Å². The van der Waals surface area contributed by atoms with Crippen molar-refractivity contribution >= 4 is 36.3 Å². The van der Waals surface area contributed by atoms with Crippen LogP contribution in [-0.4, -0.2) is 40.3 Å². The highest BCUT2D eigenvalue weighted by Crippen LogP contribution is 2.12. The van der Waals surface area contributed by atoms with Crippen LogP contribution in [0.3, 0.4) is 0 Å². The van der Waals surface area contributed by atoms with Gasteiger partial charge in [-0.3, -0.25) is 4.79 Å². The third-order valence-electron chi connectivity index (χ3n) is 2.18. The van der Waals surface area contributed by atoms with Gasteiger partial charge in [0.15, 0.2) is 0 Å². The highest BCUT2D eigenvalue weighted by molar-refractivity contribution is 7.99. The minimum atomic E-state index is -1.04. The SMILES string of the molecule is CCSCC(CC)C(=O)N[C@@H](CS)C(=O)O. The molecule has 4 nitrogen and oxygen atoms in total. The van der Waals surface area contributed by atoms with Gasteiger partial charge in [0.2, 0.25) is 5.91 Å². The number of hydrogen-bond donors (Lipinski definition) is 3. The van der Waals surface area contributed by atoms with E-state index in [2.05, 4.69) is 17.9 Å². The Labute approximate surface area is 106 Å². The van der Waals surface area contributed by atoms with Crippen LogP contribution < -0.4 is 5.32 Å². The van der Waals surface area contributed by atoms with E-state index in [0.29, 0.717) is 0 Å². The molecule has 0 radical (unpaired) electrons. The number of thioether (sulfide) groups is 1. The summed E-state index contributed by atoms with van der Waals surface area (Å²) in [6.45, 7) is 3.96. The molecule has 0 aliphatic heterocycles. The number of hydrogen-bond acceptors (Lipinski definition) is 4. The quantitative estimate of drug-likeness (QED) is 0.578. The van der Waals surface area contributed by atoms with E-state index in [1.165, 1.54) is 0 Å². The lowest BCUT2D eigenvalue weighted by Gasteiger charge is -2.17. The molecule has 0 aliphatic rings. The number of carboxylic acids is 1. The van der Waals surface area contributed by atoms with Gasteiger partial charge in [-0.25, -0.2) is 4.79 Å². The number of nitrogens with one attached hydrogen (secondary N) is 1. The molecule has 94 valence electrons. The molecule has 0 bridgehead atoms. The Hall–Kier alpha value is -0.360. The van der Waals surface area contributed by atoms with Gasteiger partial charge in [0.25, 0.3) is 0 Å².